The Hall–Kier alpha value is -5.59. The summed E-state index contributed by atoms with van der Waals surface area (Å²) in [6, 6.07) is 38.3. The number of allylic oxidation sites excluding steroid dienone is 2. The molecule has 0 spiro atoms. The Morgan fingerprint density at radius 2 is 1.34 bits per heavy atom. The van der Waals surface area contributed by atoms with Gasteiger partial charge in [0.2, 0.25) is 0 Å². The summed E-state index contributed by atoms with van der Waals surface area (Å²) in [5.74, 6) is 0.915. The fraction of sp³-hybridized carbons (Fsp3) is 0.312. The van der Waals surface area contributed by atoms with Crippen molar-refractivity contribution in [2.24, 2.45) is 0 Å². The van der Waals surface area contributed by atoms with Crippen molar-refractivity contribution in [1.29, 1.82) is 15.8 Å². The van der Waals surface area contributed by atoms with Crippen LogP contribution in [0.3, 0.4) is 0 Å². The molecule has 0 saturated heterocycles. The fourth-order valence-electron chi connectivity index (χ4n) is 7.20. The molecule has 1 aliphatic heterocycles. The van der Waals surface area contributed by atoms with E-state index in [1.165, 1.54) is 16.1 Å². The molecule has 56 heavy (non-hydrogen) atoms. The van der Waals surface area contributed by atoms with E-state index < -0.39 is 13.9 Å². The van der Waals surface area contributed by atoms with Gasteiger partial charge in [-0.1, -0.05) is 114 Å². The van der Waals surface area contributed by atoms with Crippen LogP contribution in [0.15, 0.2) is 120 Å². The number of anilines is 1. The molecule has 0 radical (unpaired) electrons. The molecule has 8 heteroatoms. The number of thiophene rings is 1. The van der Waals surface area contributed by atoms with Gasteiger partial charge in [-0.05, 0) is 84.6 Å². The zero-order chi connectivity index (χ0) is 40.3. The average Bonchev–Trinajstić information content (AvgIpc) is 3.76. The van der Waals surface area contributed by atoms with Gasteiger partial charge in [0, 0.05) is 45.7 Å². The van der Waals surface area contributed by atoms with Gasteiger partial charge in [-0.15, -0.1) is 11.3 Å². The van der Waals surface area contributed by atoms with Gasteiger partial charge in [0.15, 0.2) is 11.3 Å². The van der Waals surface area contributed by atoms with Crippen molar-refractivity contribution >= 4 is 53.9 Å². The Bertz CT molecular complexity index is 2180. The Morgan fingerprint density at radius 3 is 1.84 bits per heavy atom. The summed E-state index contributed by atoms with van der Waals surface area (Å²) in [7, 11) is -2.93. The Morgan fingerprint density at radius 1 is 0.786 bits per heavy atom. The van der Waals surface area contributed by atoms with Gasteiger partial charge in [-0.25, -0.2) is 0 Å². The van der Waals surface area contributed by atoms with Gasteiger partial charge >= 0.3 is 8.32 Å². The Kier molecular flexibility index (Phi) is 13.6. The van der Waals surface area contributed by atoms with E-state index in [2.05, 4.69) is 143 Å². The van der Waals surface area contributed by atoms with Crippen molar-refractivity contribution in [3.63, 3.8) is 0 Å². The topological polar surface area (TPSA) is 93.1 Å². The van der Waals surface area contributed by atoms with E-state index in [1.54, 1.807) is 11.3 Å². The van der Waals surface area contributed by atoms with Gasteiger partial charge in [0.25, 0.3) is 0 Å². The lowest BCUT2D eigenvalue weighted by molar-refractivity contribution is 0.0954. The summed E-state index contributed by atoms with van der Waals surface area (Å²) in [5.41, 5.74) is 1.95. The number of rotatable bonds is 15. The standard InChI is InChI=1S/C48H52N4O2SSi/c1-8-10-30-52(31-11-9-2)38-24-22-36(45(32-38)54-56(47(3,4)5,41-18-14-12-15-19-41)42-20-16-13-17-21-42)23-25-39-26-27-40(55-39)28-29-44-43(35-51)46(37(33-49)34-50)53-48(44,6)7/h12-29,32H,8-11,30-31H2,1-7H3/b25-23+,29-28+. The molecule has 4 aromatic rings. The molecule has 2 heterocycles. The van der Waals surface area contributed by atoms with E-state index in [4.69, 9.17) is 9.16 Å². The van der Waals surface area contributed by atoms with E-state index >= 15 is 0 Å². The third-order valence-corrected chi connectivity index (χ3v) is 16.1. The van der Waals surface area contributed by atoms with Crippen molar-refractivity contribution in [3.8, 4) is 24.0 Å². The summed E-state index contributed by atoms with van der Waals surface area (Å²) in [6.07, 6.45) is 12.6. The first-order chi connectivity index (χ1) is 26.9. The summed E-state index contributed by atoms with van der Waals surface area (Å²) >= 11 is 1.63. The molecule has 1 aromatic heterocycles. The van der Waals surface area contributed by atoms with Crippen LogP contribution in [0.4, 0.5) is 5.69 Å². The molecule has 5 rings (SSSR count). The lowest BCUT2D eigenvalue weighted by Crippen LogP contribution is -2.68. The van der Waals surface area contributed by atoms with Gasteiger partial charge < -0.3 is 14.1 Å². The van der Waals surface area contributed by atoms with Crippen LogP contribution in [0.25, 0.3) is 18.2 Å². The van der Waals surface area contributed by atoms with E-state index in [-0.39, 0.29) is 21.9 Å². The predicted molar refractivity (Wildman–Crippen MR) is 235 cm³/mol. The SMILES string of the molecule is CCCCN(CCCC)c1ccc(/C=C/c2ccc(/C=C/C3=C(C#N)C(=C(C#N)C#N)OC3(C)C)s2)c(O[Si](c2ccccc2)(c2ccccc2)C(C)(C)C)c1. The summed E-state index contributed by atoms with van der Waals surface area (Å²) < 4.78 is 13.6. The Labute approximate surface area is 339 Å². The molecule has 0 saturated carbocycles. The number of nitriles is 3. The first kappa shape index (κ1) is 41.6. The van der Waals surface area contributed by atoms with Crippen LogP contribution in [0.5, 0.6) is 5.75 Å². The zero-order valence-electron chi connectivity index (χ0n) is 33.7. The first-order valence-electron chi connectivity index (χ1n) is 19.5. The number of benzene rings is 3. The second-order valence-electron chi connectivity index (χ2n) is 15.5. The van der Waals surface area contributed by atoms with Crippen molar-refractivity contribution in [2.45, 2.75) is 84.8 Å². The van der Waals surface area contributed by atoms with Crippen LogP contribution in [0.2, 0.25) is 5.04 Å². The minimum atomic E-state index is -2.93. The van der Waals surface area contributed by atoms with E-state index in [0.717, 1.165) is 59.8 Å². The molecule has 0 N–H and O–H groups in total. The van der Waals surface area contributed by atoms with Gasteiger partial charge in [-0.2, -0.15) is 15.8 Å². The van der Waals surface area contributed by atoms with E-state index in [0.29, 0.717) is 5.57 Å². The van der Waals surface area contributed by atoms with Crippen molar-refractivity contribution in [3.05, 3.63) is 135 Å². The number of ether oxygens (including phenoxy) is 1. The maximum absolute atomic E-state index is 9.96. The number of hydrogen-bond donors (Lipinski definition) is 0. The lowest BCUT2D eigenvalue weighted by atomic mass is 9.94. The van der Waals surface area contributed by atoms with Crippen molar-refractivity contribution in [2.75, 3.05) is 18.0 Å². The quantitative estimate of drug-likeness (QED) is 0.0881. The highest BCUT2D eigenvalue weighted by molar-refractivity contribution is 7.13. The predicted octanol–water partition coefficient (Wildman–Crippen LogP) is 11.2. The van der Waals surface area contributed by atoms with Crippen LogP contribution in [0, 0.1) is 34.0 Å². The van der Waals surface area contributed by atoms with Crippen LogP contribution in [0.1, 0.15) is 89.5 Å². The third kappa shape index (κ3) is 9.09. The van der Waals surface area contributed by atoms with Gasteiger partial charge in [0.05, 0.1) is 0 Å². The first-order valence-corrected chi connectivity index (χ1v) is 22.2. The number of hydrogen-bond acceptors (Lipinski definition) is 7. The van der Waals surface area contributed by atoms with Gasteiger partial charge in [-0.3, -0.25) is 0 Å². The molecule has 0 atom stereocenters. The molecule has 286 valence electrons. The molecule has 0 bridgehead atoms. The van der Waals surface area contributed by atoms with Crippen LogP contribution < -0.4 is 19.7 Å². The smallest absolute Gasteiger partial charge is 0.319 e. The van der Waals surface area contributed by atoms with Crippen LogP contribution >= 0.6 is 11.3 Å². The van der Waals surface area contributed by atoms with Crippen LogP contribution in [-0.2, 0) is 4.74 Å². The van der Waals surface area contributed by atoms with Crippen LogP contribution in [-0.4, -0.2) is 27.0 Å². The number of unbranched alkanes of at least 4 members (excludes halogenated alkanes) is 2. The highest BCUT2D eigenvalue weighted by Crippen LogP contribution is 2.42. The Balaban J connectivity index is 1.58. The zero-order valence-corrected chi connectivity index (χ0v) is 35.5. The molecule has 3 aromatic carbocycles. The molecule has 0 aliphatic carbocycles. The second-order valence-corrected chi connectivity index (χ2v) is 20.9. The molecule has 0 fully saturated rings. The minimum Gasteiger partial charge on any atom is -0.534 e. The monoisotopic (exact) mass is 776 g/mol. The lowest BCUT2D eigenvalue weighted by Gasteiger charge is -2.43. The second kappa shape index (κ2) is 18.4. The van der Waals surface area contributed by atoms with Crippen molar-refractivity contribution in [1.82, 2.24) is 0 Å². The van der Waals surface area contributed by atoms with E-state index in [1.807, 2.05) is 44.2 Å². The van der Waals surface area contributed by atoms with E-state index in [9.17, 15) is 15.8 Å². The highest BCUT2D eigenvalue weighted by Gasteiger charge is 2.52. The summed E-state index contributed by atoms with van der Waals surface area (Å²) in [6.45, 7) is 17.1. The molecule has 6 nitrogen and oxygen atoms in total. The molecule has 0 amide bonds. The summed E-state index contributed by atoms with van der Waals surface area (Å²) in [4.78, 5) is 4.57. The molecule has 1 aliphatic rings. The minimum absolute atomic E-state index is 0.0397. The molecular formula is C48H52N4O2SSi. The third-order valence-electron chi connectivity index (χ3n) is 10.2. The largest absolute Gasteiger partial charge is 0.534 e. The van der Waals surface area contributed by atoms with Crippen molar-refractivity contribution < 1.29 is 9.16 Å². The highest BCUT2D eigenvalue weighted by atomic mass is 32.1. The maximum Gasteiger partial charge on any atom is 0.319 e. The average molecular weight is 777 g/mol. The number of nitrogens with zero attached hydrogens (tertiary/aromatic N) is 4. The molecule has 0 unspecified atom stereocenters. The maximum atomic E-state index is 9.96. The van der Waals surface area contributed by atoms with Gasteiger partial charge in [0.1, 0.15) is 35.1 Å². The fourth-order valence-corrected chi connectivity index (χ4v) is 12.4. The molecular weight excluding hydrogens is 725 g/mol. The normalized spacial score (nSPS) is 14.0. The summed E-state index contributed by atoms with van der Waals surface area (Å²) in [5, 5.41) is 31.1.